The molecule has 0 saturated carbocycles. The van der Waals surface area contributed by atoms with Crippen LogP contribution in [-0.4, -0.2) is 34.0 Å². The van der Waals surface area contributed by atoms with Crippen LogP contribution in [0.2, 0.25) is 0 Å². The van der Waals surface area contributed by atoms with Gasteiger partial charge < -0.3 is 14.8 Å². The number of aromatic nitrogens is 4. The Bertz CT molecular complexity index is 1080. The Morgan fingerprint density at radius 3 is 2.74 bits per heavy atom. The average molecular weight is 381 g/mol. The molecule has 1 aromatic carbocycles. The fourth-order valence-electron chi connectivity index (χ4n) is 2.87. The predicted octanol–water partition coefficient (Wildman–Crippen LogP) is 3.81. The molecule has 0 aliphatic rings. The maximum atomic E-state index is 5.39. The Hall–Kier alpha value is -3.13. The van der Waals surface area contributed by atoms with Gasteiger partial charge in [-0.3, -0.25) is 0 Å². The van der Waals surface area contributed by atoms with E-state index in [9.17, 15) is 0 Å². The minimum atomic E-state index is 0.546. The van der Waals surface area contributed by atoms with Crippen LogP contribution in [-0.2, 0) is 6.54 Å². The van der Waals surface area contributed by atoms with Crippen molar-refractivity contribution in [2.75, 3.05) is 19.5 Å². The van der Waals surface area contributed by atoms with Gasteiger partial charge in [-0.25, -0.2) is 4.68 Å². The van der Waals surface area contributed by atoms with Crippen molar-refractivity contribution in [2.45, 2.75) is 13.5 Å². The highest BCUT2D eigenvalue weighted by Gasteiger charge is 2.13. The minimum Gasteiger partial charge on any atom is -0.493 e. The normalized spacial score (nSPS) is 10.9. The molecule has 0 atom stereocenters. The van der Waals surface area contributed by atoms with Crippen molar-refractivity contribution in [3.8, 4) is 17.4 Å². The number of hydrogen-bond acceptors (Lipinski definition) is 7. The summed E-state index contributed by atoms with van der Waals surface area (Å²) in [4.78, 5) is 10.3. The van der Waals surface area contributed by atoms with Crippen LogP contribution < -0.4 is 14.8 Å². The van der Waals surface area contributed by atoms with Crippen LogP contribution in [0.25, 0.3) is 16.2 Å². The van der Waals surface area contributed by atoms with Gasteiger partial charge >= 0.3 is 0 Å². The van der Waals surface area contributed by atoms with Crippen molar-refractivity contribution < 1.29 is 9.47 Å². The molecule has 0 saturated heterocycles. The van der Waals surface area contributed by atoms with Crippen LogP contribution in [0.1, 0.15) is 11.1 Å². The summed E-state index contributed by atoms with van der Waals surface area (Å²) < 4.78 is 12.3. The Labute approximate surface area is 160 Å². The molecule has 0 aliphatic carbocycles. The molecule has 27 heavy (non-hydrogen) atoms. The number of hydrogen-bond donors (Lipinski definition) is 1. The van der Waals surface area contributed by atoms with Gasteiger partial charge in [0.05, 0.1) is 19.6 Å². The van der Waals surface area contributed by atoms with E-state index in [0.717, 1.165) is 27.2 Å². The van der Waals surface area contributed by atoms with Crippen LogP contribution in [0.15, 0.2) is 42.0 Å². The van der Waals surface area contributed by atoms with Crippen molar-refractivity contribution in [3.05, 3.63) is 53.2 Å². The van der Waals surface area contributed by atoms with Crippen LogP contribution >= 0.6 is 11.3 Å². The summed E-state index contributed by atoms with van der Waals surface area (Å²) in [6.45, 7) is 2.66. The zero-order chi connectivity index (χ0) is 18.8. The quantitative estimate of drug-likeness (QED) is 0.547. The Kier molecular flexibility index (Phi) is 4.64. The maximum absolute atomic E-state index is 5.39. The van der Waals surface area contributed by atoms with Crippen molar-refractivity contribution >= 4 is 27.4 Å². The molecule has 0 bridgehead atoms. The molecule has 0 spiro atoms. The van der Waals surface area contributed by atoms with E-state index in [4.69, 9.17) is 14.5 Å². The van der Waals surface area contributed by atoms with Gasteiger partial charge in [0.15, 0.2) is 11.5 Å². The number of methoxy groups -OCH3 is 2. The van der Waals surface area contributed by atoms with E-state index in [2.05, 4.69) is 27.7 Å². The summed E-state index contributed by atoms with van der Waals surface area (Å²) in [6, 6.07) is 7.71. The number of rotatable bonds is 6. The van der Waals surface area contributed by atoms with Crippen molar-refractivity contribution in [1.29, 1.82) is 0 Å². The van der Waals surface area contributed by atoms with E-state index in [1.54, 1.807) is 36.4 Å². The molecule has 0 radical (unpaired) electrons. The smallest absolute Gasteiger partial charge is 0.253 e. The van der Waals surface area contributed by atoms with Crippen LogP contribution in [0, 0.1) is 6.92 Å². The fourth-order valence-corrected chi connectivity index (χ4v) is 3.78. The Balaban J connectivity index is 1.68. The lowest BCUT2D eigenvalue weighted by Gasteiger charge is -2.12. The molecule has 8 heteroatoms. The molecule has 0 aliphatic heterocycles. The monoisotopic (exact) mass is 381 g/mol. The third-order valence-corrected chi connectivity index (χ3v) is 5.21. The first kappa shape index (κ1) is 17.3. The number of benzene rings is 1. The number of anilines is 1. The molecular weight excluding hydrogens is 362 g/mol. The number of nitrogens with one attached hydrogen (secondary N) is 1. The van der Waals surface area contributed by atoms with E-state index in [-0.39, 0.29) is 0 Å². The summed E-state index contributed by atoms with van der Waals surface area (Å²) in [5, 5.41) is 10.8. The molecule has 3 heterocycles. The van der Waals surface area contributed by atoms with E-state index < -0.39 is 0 Å². The molecule has 1 N–H and O–H groups in total. The maximum Gasteiger partial charge on any atom is 0.253 e. The van der Waals surface area contributed by atoms with Gasteiger partial charge in [0.25, 0.3) is 5.95 Å². The molecule has 4 aromatic rings. The number of nitrogens with zero attached hydrogens (tertiary/aromatic N) is 4. The van der Waals surface area contributed by atoms with Gasteiger partial charge in [-0.05, 0) is 41.6 Å². The third kappa shape index (κ3) is 3.31. The Morgan fingerprint density at radius 2 is 2.00 bits per heavy atom. The fraction of sp³-hybridized carbons (Fsp3) is 0.211. The first-order chi connectivity index (χ1) is 13.2. The first-order valence-electron chi connectivity index (χ1n) is 8.40. The highest BCUT2D eigenvalue weighted by atomic mass is 32.1. The van der Waals surface area contributed by atoms with E-state index in [0.29, 0.717) is 24.0 Å². The minimum absolute atomic E-state index is 0.546. The molecule has 0 fully saturated rings. The summed E-state index contributed by atoms with van der Waals surface area (Å²) in [6.07, 6.45) is 3.55. The molecule has 7 nitrogen and oxygen atoms in total. The van der Waals surface area contributed by atoms with Gasteiger partial charge in [-0.15, -0.1) is 11.3 Å². The molecule has 138 valence electrons. The average Bonchev–Trinajstić information content (AvgIpc) is 3.36. The lowest BCUT2D eigenvalue weighted by atomic mass is 10.2. The van der Waals surface area contributed by atoms with Gasteiger partial charge in [0.2, 0.25) is 0 Å². The molecule has 0 unspecified atom stereocenters. The Morgan fingerprint density at radius 1 is 1.15 bits per heavy atom. The second-order valence-corrected chi connectivity index (χ2v) is 6.82. The second kappa shape index (κ2) is 7.24. The van der Waals surface area contributed by atoms with Crippen molar-refractivity contribution in [3.63, 3.8) is 0 Å². The van der Waals surface area contributed by atoms with Gasteiger partial charge in [0.1, 0.15) is 10.6 Å². The summed E-state index contributed by atoms with van der Waals surface area (Å²) >= 11 is 1.60. The summed E-state index contributed by atoms with van der Waals surface area (Å²) in [5.74, 6) is 2.75. The SMILES string of the molecule is COc1ccc(CNc2nc(-n3cccn3)nc3scc(C)c23)cc1OC. The van der Waals surface area contributed by atoms with Crippen molar-refractivity contribution in [2.24, 2.45) is 0 Å². The predicted molar refractivity (Wildman–Crippen MR) is 106 cm³/mol. The third-order valence-electron chi connectivity index (χ3n) is 4.22. The molecule has 0 amide bonds. The number of thiophene rings is 1. The summed E-state index contributed by atoms with van der Waals surface area (Å²) in [5.41, 5.74) is 2.21. The highest BCUT2D eigenvalue weighted by Crippen LogP contribution is 2.31. The van der Waals surface area contributed by atoms with E-state index in [1.165, 1.54) is 0 Å². The van der Waals surface area contributed by atoms with E-state index >= 15 is 0 Å². The van der Waals surface area contributed by atoms with Crippen LogP contribution in [0.4, 0.5) is 5.82 Å². The van der Waals surface area contributed by atoms with Crippen LogP contribution in [0.5, 0.6) is 11.5 Å². The molecule has 3 aromatic heterocycles. The molecule has 4 rings (SSSR count). The number of aryl methyl sites for hydroxylation is 1. The number of ether oxygens (including phenoxy) is 2. The van der Waals surface area contributed by atoms with Gasteiger partial charge in [-0.1, -0.05) is 6.07 Å². The van der Waals surface area contributed by atoms with Crippen molar-refractivity contribution in [1.82, 2.24) is 19.7 Å². The molecular formula is C19H19N5O2S. The summed E-state index contributed by atoms with van der Waals surface area (Å²) in [7, 11) is 3.26. The van der Waals surface area contributed by atoms with Crippen LogP contribution in [0.3, 0.4) is 0 Å². The zero-order valence-electron chi connectivity index (χ0n) is 15.3. The van der Waals surface area contributed by atoms with Gasteiger partial charge in [-0.2, -0.15) is 15.1 Å². The van der Waals surface area contributed by atoms with Gasteiger partial charge in [0, 0.05) is 18.9 Å². The second-order valence-electron chi connectivity index (χ2n) is 5.96. The first-order valence-corrected chi connectivity index (χ1v) is 9.28. The lowest BCUT2D eigenvalue weighted by Crippen LogP contribution is -2.07. The zero-order valence-corrected chi connectivity index (χ0v) is 16.1. The largest absolute Gasteiger partial charge is 0.493 e. The highest BCUT2D eigenvalue weighted by molar-refractivity contribution is 7.17. The van der Waals surface area contributed by atoms with E-state index in [1.807, 2.05) is 30.5 Å². The number of fused-ring (bicyclic) bond motifs is 1. The topological polar surface area (TPSA) is 74.1 Å². The lowest BCUT2D eigenvalue weighted by molar-refractivity contribution is 0.354. The standard InChI is InChI=1S/C19H19N5O2S/c1-12-11-27-18-16(12)17(22-19(23-18)24-8-4-7-21-24)20-10-13-5-6-14(25-2)15(9-13)26-3/h4-9,11H,10H2,1-3H3,(H,20,22,23).